The number of halogens is 2. The zero-order chi connectivity index (χ0) is 10.6. The van der Waals surface area contributed by atoms with E-state index in [4.69, 9.17) is 28.3 Å². The van der Waals surface area contributed by atoms with Crippen molar-refractivity contribution in [3.63, 3.8) is 0 Å². The van der Waals surface area contributed by atoms with Gasteiger partial charge in [0.2, 0.25) is 0 Å². The topological polar surface area (TPSA) is 46.5 Å². The van der Waals surface area contributed by atoms with E-state index in [0.717, 1.165) is 0 Å². The Hall–Kier alpha value is -0.770. The van der Waals surface area contributed by atoms with Crippen LogP contribution in [0.25, 0.3) is 0 Å². The monoisotopic (exact) mass is 234 g/mol. The standard InChI is InChI=1S/C9H8Cl2O3/c10-7-2-1-6(5-8(7)11)9(13)14-4-3-12/h1-2,5,12H,3-4H2. The maximum Gasteiger partial charge on any atom is 0.338 e. The Balaban J connectivity index is 2.76. The van der Waals surface area contributed by atoms with E-state index in [-0.39, 0.29) is 13.2 Å². The van der Waals surface area contributed by atoms with Crippen molar-refractivity contribution in [2.75, 3.05) is 13.2 Å². The Kier molecular flexibility index (Phi) is 4.20. The highest BCUT2D eigenvalue weighted by Gasteiger charge is 2.08. The lowest BCUT2D eigenvalue weighted by Gasteiger charge is -2.03. The first-order chi connectivity index (χ1) is 6.65. The van der Waals surface area contributed by atoms with Crippen LogP contribution in [-0.2, 0) is 4.74 Å². The fraction of sp³-hybridized carbons (Fsp3) is 0.222. The predicted molar refractivity (Wildman–Crippen MR) is 53.8 cm³/mol. The summed E-state index contributed by atoms with van der Waals surface area (Å²) in [6.07, 6.45) is 0. The van der Waals surface area contributed by atoms with E-state index < -0.39 is 5.97 Å². The fourth-order valence-corrected chi connectivity index (χ4v) is 1.14. The molecular formula is C9H8Cl2O3. The van der Waals surface area contributed by atoms with E-state index in [0.29, 0.717) is 15.6 Å². The van der Waals surface area contributed by atoms with Gasteiger partial charge < -0.3 is 9.84 Å². The van der Waals surface area contributed by atoms with E-state index in [1.807, 2.05) is 0 Å². The van der Waals surface area contributed by atoms with Gasteiger partial charge >= 0.3 is 5.97 Å². The average molecular weight is 235 g/mol. The molecule has 0 aliphatic rings. The largest absolute Gasteiger partial charge is 0.460 e. The molecule has 0 radical (unpaired) electrons. The molecule has 0 amide bonds. The van der Waals surface area contributed by atoms with Crippen LogP contribution in [-0.4, -0.2) is 24.3 Å². The Bertz CT molecular complexity index is 339. The molecule has 0 saturated carbocycles. The molecule has 0 atom stereocenters. The van der Waals surface area contributed by atoms with Crippen LogP contribution in [0.1, 0.15) is 10.4 Å². The molecule has 0 fully saturated rings. The lowest BCUT2D eigenvalue weighted by molar-refractivity contribution is 0.0434. The summed E-state index contributed by atoms with van der Waals surface area (Å²) in [6.45, 7) is -0.230. The van der Waals surface area contributed by atoms with Gasteiger partial charge in [0.15, 0.2) is 0 Å². The minimum atomic E-state index is -0.530. The number of carbonyl (C=O) groups excluding carboxylic acids is 1. The van der Waals surface area contributed by atoms with Crippen LogP contribution in [0.15, 0.2) is 18.2 Å². The van der Waals surface area contributed by atoms with Crippen LogP contribution in [0.5, 0.6) is 0 Å². The number of aliphatic hydroxyl groups excluding tert-OH is 1. The summed E-state index contributed by atoms with van der Waals surface area (Å²) < 4.78 is 4.68. The summed E-state index contributed by atoms with van der Waals surface area (Å²) in [7, 11) is 0. The molecule has 0 aromatic heterocycles. The summed E-state index contributed by atoms with van der Waals surface area (Å²) >= 11 is 11.4. The first-order valence-corrected chi connectivity index (χ1v) is 4.64. The molecule has 0 saturated heterocycles. The number of aliphatic hydroxyl groups is 1. The summed E-state index contributed by atoms with van der Waals surface area (Å²) in [4.78, 5) is 11.2. The fourth-order valence-electron chi connectivity index (χ4n) is 0.845. The van der Waals surface area contributed by atoms with Crippen LogP contribution in [0.2, 0.25) is 10.0 Å². The van der Waals surface area contributed by atoms with Crippen molar-refractivity contribution in [3.05, 3.63) is 33.8 Å². The molecule has 0 aliphatic heterocycles. The van der Waals surface area contributed by atoms with Crippen molar-refractivity contribution in [3.8, 4) is 0 Å². The highest BCUT2D eigenvalue weighted by atomic mass is 35.5. The van der Waals surface area contributed by atoms with Gasteiger partial charge in [-0.25, -0.2) is 4.79 Å². The Morgan fingerprint density at radius 3 is 2.64 bits per heavy atom. The van der Waals surface area contributed by atoms with Gasteiger partial charge in [0.05, 0.1) is 22.2 Å². The van der Waals surface area contributed by atoms with Crippen molar-refractivity contribution in [2.24, 2.45) is 0 Å². The number of rotatable bonds is 3. The smallest absolute Gasteiger partial charge is 0.338 e. The number of benzene rings is 1. The van der Waals surface area contributed by atoms with Crippen LogP contribution in [0.3, 0.4) is 0 Å². The minimum absolute atomic E-state index is 0.0287. The molecular weight excluding hydrogens is 227 g/mol. The highest BCUT2D eigenvalue weighted by molar-refractivity contribution is 6.42. The first kappa shape index (κ1) is 11.3. The molecule has 0 aliphatic carbocycles. The van der Waals surface area contributed by atoms with Gasteiger partial charge in [-0.1, -0.05) is 23.2 Å². The second-order valence-corrected chi connectivity index (χ2v) is 3.30. The van der Waals surface area contributed by atoms with Crippen LogP contribution in [0.4, 0.5) is 0 Å². The molecule has 1 aromatic rings. The van der Waals surface area contributed by atoms with E-state index in [2.05, 4.69) is 4.74 Å². The van der Waals surface area contributed by atoms with Gasteiger partial charge in [-0.15, -0.1) is 0 Å². The summed E-state index contributed by atoms with van der Waals surface area (Å²) in [5.74, 6) is -0.530. The van der Waals surface area contributed by atoms with Crippen molar-refractivity contribution in [1.82, 2.24) is 0 Å². The molecule has 76 valence electrons. The normalized spacial score (nSPS) is 9.93. The van der Waals surface area contributed by atoms with Crippen molar-refractivity contribution in [2.45, 2.75) is 0 Å². The molecule has 1 N–H and O–H groups in total. The first-order valence-electron chi connectivity index (χ1n) is 3.88. The number of hydrogen-bond donors (Lipinski definition) is 1. The maximum atomic E-state index is 11.2. The highest BCUT2D eigenvalue weighted by Crippen LogP contribution is 2.22. The third-order valence-electron chi connectivity index (χ3n) is 1.48. The lowest BCUT2D eigenvalue weighted by Crippen LogP contribution is -2.08. The van der Waals surface area contributed by atoms with Gasteiger partial charge in [-0.3, -0.25) is 0 Å². The molecule has 0 bridgehead atoms. The lowest BCUT2D eigenvalue weighted by atomic mass is 10.2. The maximum absolute atomic E-state index is 11.2. The quantitative estimate of drug-likeness (QED) is 0.816. The van der Waals surface area contributed by atoms with Gasteiger partial charge in [0.25, 0.3) is 0 Å². The second kappa shape index (κ2) is 5.20. The van der Waals surface area contributed by atoms with Crippen LogP contribution in [0, 0.1) is 0 Å². The SMILES string of the molecule is O=C(OCCO)c1ccc(Cl)c(Cl)c1. The van der Waals surface area contributed by atoms with Gasteiger partial charge in [-0.2, -0.15) is 0 Å². The zero-order valence-corrected chi connectivity index (χ0v) is 8.68. The molecule has 0 unspecified atom stereocenters. The Morgan fingerprint density at radius 1 is 1.36 bits per heavy atom. The Labute approximate surface area is 91.2 Å². The third kappa shape index (κ3) is 2.87. The number of hydrogen-bond acceptors (Lipinski definition) is 3. The van der Waals surface area contributed by atoms with Gasteiger partial charge in [0, 0.05) is 0 Å². The zero-order valence-electron chi connectivity index (χ0n) is 7.17. The van der Waals surface area contributed by atoms with Gasteiger partial charge in [-0.05, 0) is 18.2 Å². The summed E-state index contributed by atoms with van der Waals surface area (Å²) in [5, 5.41) is 9.11. The van der Waals surface area contributed by atoms with E-state index in [1.54, 1.807) is 0 Å². The molecule has 0 heterocycles. The molecule has 3 nitrogen and oxygen atoms in total. The summed E-state index contributed by atoms with van der Waals surface area (Å²) in [6, 6.07) is 4.44. The molecule has 0 spiro atoms. The second-order valence-electron chi connectivity index (χ2n) is 2.49. The van der Waals surface area contributed by atoms with E-state index >= 15 is 0 Å². The third-order valence-corrected chi connectivity index (χ3v) is 2.22. The number of ether oxygens (including phenoxy) is 1. The van der Waals surface area contributed by atoms with Gasteiger partial charge in [0.1, 0.15) is 6.61 Å². The van der Waals surface area contributed by atoms with Crippen LogP contribution < -0.4 is 0 Å². The molecule has 1 aromatic carbocycles. The minimum Gasteiger partial charge on any atom is -0.460 e. The van der Waals surface area contributed by atoms with Crippen molar-refractivity contribution < 1.29 is 14.6 Å². The summed E-state index contributed by atoms with van der Waals surface area (Å²) in [5.41, 5.74) is 0.313. The predicted octanol–water partition coefficient (Wildman–Crippen LogP) is 2.14. The van der Waals surface area contributed by atoms with Crippen LogP contribution >= 0.6 is 23.2 Å². The van der Waals surface area contributed by atoms with E-state index in [1.165, 1.54) is 18.2 Å². The number of esters is 1. The Morgan fingerprint density at radius 2 is 2.07 bits per heavy atom. The van der Waals surface area contributed by atoms with E-state index in [9.17, 15) is 4.79 Å². The number of carbonyl (C=O) groups is 1. The van der Waals surface area contributed by atoms with Crippen molar-refractivity contribution >= 4 is 29.2 Å². The molecule has 14 heavy (non-hydrogen) atoms. The average Bonchev–Trinajstić information content (AvgIpc) is 2.18. The molecule has 1 rings (SSSR count). The molecule has 5 heteroatoms. The van der Waals surface area contributed by atoms with Crippen molar-refractivity contribution in [1.29, 1.82) is 0 Å².